The third-order valence-corrected chi connectivity index (χ3v) is 0. The molecule has 0 bridgehead atoms. The monoisotopic (exact) mass is 122 g/mol. The smallest absolute Gasteiger partial charge is 0.450 e. The molecule has 0 aliphatic carbocycles. The Labute approximate surface area is 54.5 Å². The molecule has 0 aliphatic heterocycles. The average molecular weight is 122 g/mol. The first-order valence-electron chi connectivity index (χ1n) is 0.651. The van der Waals surface area contributed by atoms with Crippen LogP contribution in [0.4, 0.5) is 4.79 Å². The Morgan fingerprint density at radius 1 is 1.33 bits per heavy atom. The maximum Gasteiger partial charge on any atom is 0.503 e. The fraction of sp³-hybridized carbons (Fsp3) is 0. The first kappa shape index (κ1) is 16.1. The number of carbonyl (C=O) groups is 1. The van der Waals surface area contributed by atoms with E-state index >= 15 is 0 Å². The predicted molar refractivity (Wildman–Crippen MR) is 30.3 cm³/mol. The van der Waals surface area contributed by atoms with E-state index in [4.69, 9.17) is 15.0 Å². The molecule has 0 saturated carbocycles. The zero-order valence-electron chi connectivity index (χ0n) is 2.51. The standard InChI is InChI=1S/CH2O3.Mg.H3P.2H/c2-1(3)4;;;;/h(H2,2,3,4);;1H3;;. The van der Waals surface area contributed by atoms with E-state index in [1.807, 2.05) is 0 Å². The summed E-state index contributed by atoms with van der Waals surface area (Å²) in [6, 6.07) is 0. The van der Waals surface area contributed by atoms with Gasteiger partial charge in [-0.15, -0.1) is 0 Å². The third-order valence-electron chi connectivity index (χ3n) is 0. The number of hydrogen-bond donors (Lipinski definition) is 2. The summed E-state index contributed by atoms with van der Waals surface area (Å²) >= 11 is 0. The molecular weight excluding hydrogens is 115 g/mol. The predicted octanol–water partition coefficient (Wildman–Crippen LogP) is -0.636. The lowest BCUT2D eigenvalue weighted by Gasteiger charge is -1.60. The Morgan fingerprint density at radius 2 is 1.33 bits per heavy atom. The molecule has 0 radical (unpaired) electrons. The van der Waals surface area contributed by atoms with Gasteiger partial charge in [0.2, 0.25) is 0 Å². The van der Waals surface area contributed by atoms with E-state index in [-0.39, 0.29) is 33.0 Å². The van der Waals surface area contributed by atoms with E-state index in [0.29, 0.717) is 0 Å². The van der Waals surface area contributed by atoms with Crippen LogP contribution in [0, 0.1) is 0 Å². The van der Waals surface area contributed by atoms with E-state index in [0.717, 1.165) is 0 Å². The van der Waals surface area contributed by atoms with Crippen LogP contribution in [0.5, 0.6) is 0 Å². The highest BCUT2D eigenvalue weighted by atomic mass is 31.0. The van der Waals surface area contributed by atoms with Gasteiger partial charge in [0, 0.05) is 0 Å². The van der Waals surface area contributed by atoms with Gasteiger partial charge in [-0.3, -0.25) is 0 Å². The first-order valence-corrected chi connectivity index (χ1v) is 0.651. The van der Waals surface area contributed by atoms with Crippen molar-refractivity contribution in [3.8, 4) is 0 Å². The molecule has 0 aromatic carbocycles. The first-order chi connectivity index (χ1) is 1.73. The molecule has 0 heterocycles. The molecule has 5 heteroatoms. The van der Waals surface area contributed by atoms with Gasteiger partial charge < -0.3 is 10.2 Å². The summed E-state index contributed by atoms with van der Waals surface area (Å²) < 4.78 is 0. The molecule has 0 aliphatic rings. The molecule has 0 spiro atoms. The van der Waals surface area contributed by atoms with E-state index in [9.17, 15) is 0 Å². The van der Waals surface area contributed by atoms with Crippen LogP contribution in [0.2, 0.25) is 0 Å². The fourth-order valence-corrected chi connectivity index (χ4v) is 0. The van der Waals surface area contributed by atoms with Crippen LogP contribution in [0.15, 0.2) is 0 Å². The van der Waals surface area contributed by atoms with Crippen LogP contribution in [0.3, 0.4) is 0 Å². The second kappa shape index (κ2) is 9.08. The Balaban J connectivity index is -0.0000000450. The number of hydrogen-bond acceptors (Lipinski definition) is 1. The van der Waals surface area contributed by atoms with Crippen LogP contribution < -0.4 is 0 Å². The summed E-state index contributed by atoms with van der Waals surface area (Å²) in [5.41, 5.74) is 0. The van der Waals surface area contributed by atoms with Gasteiger partial charge in [-0.05, 0) is 0 Å². The van der Waals surface area contributed by atoms with Crippen molar-refractivity contribution in [3.05, 3.63) is 0 Å². The second-order valence-corrected chi connectivity index (χ2v) is 0.283. The third kappa shape index (κ3) is 247. The Hall–Kier alpha value is 0.466. The van der Waals surface area contributed by atoms with Crippen molar-refractivity contribution in [2.75, 3.05) is 0 Å². The van der Waals surface area contributed by atoms with Crippen LogP contribution in [-0.4, -0.2) is 39.4 Å². The van der Waals surface area contributed by atoms with Crippen LogP contribution in [0.25, 0.3) is 0 Å². The summed E-state index contributed by atoms with van der Waals surface area (Å²) in [6.45, 7) is 0. The maximum atomic E-state index is 8.56. The molecule has 0 aromatic rings. The highest BCUT2D eigenvalue weighted by Gasteiger charge is 1.70. The van der Waals surface area contributed by atoms with E-state index in [1.54, 1.807) is 0 Å². The Kier molecular flexibility index (Phi) is 24.3. The summed E-state index contributed by atoms with van der Waals surface area (Å²) in [5.74, 6) is 0. The zero-order chi connectivity index (χ0) is 3.58. The summed E-state index contributed by atoms with van der Waals surface area (Å²) in [5, 5.41) is 13.9. The molecule has 0 fully saturated rings. The van der Waals surface area contributed by atoms with Gasteiger partial charge in [-0.1, -0.05) is 0 Å². The van der Waals surface area contributed by atoms with E-state index in [1.165, 1.54) is 0 Å². The molecule has 0 amide bonds. The quantitative estimate of drug-likeness (QED) is 0.332. The molecule has 3 nitrogen and oxygen atoms in total. The van der Waals surface area contributed by atoms with Gasteiger partial charge in [0.1, 0.15) is 0 Å². The lowest BCUT2D eigenvalue weighted by atomic mass is 11.5. The number of carboxylic acid groups (broad SMARTS) is 2. The van der Waals surface area contributed by atoms with Gasteiger partial charge >= 0.3 is 29.2 Å². The highest BCUT2D eigenvalue weighted by Crippen LogP contribution is 1.42. The summed E-state index contributed by atoms with van der Waals surface area (Å²) in [4.78, 5) is 8.56. The van der Waals surface area contributed by atoms with Crippen molar-refractivity contribution in [2.24, 2.45) is 0 Å². The van der Waals surface area contributed by atoms with Crippen molar-refractivity contribution >= 4 is 39.1 Å². The zero-order valence-corrected chi connectivity index (χ0v) is 3.92. The van der Waals surface area contributed by atoms with Crippen LogP contribution in [-0.2, 0) is 0 Å². The summed E-state index contributed by atoms with van der Waals surface area (Å²) in [6.07, 6.45) is -1.83. The molecule has 0 aromatic heterocycles. The van der Waals surface area contributed by atoms with Crippen molar-refractivity contribution in [1.29, 1.82) is 0 Å². The minimum atomic E-state index is -1.83. The van der Waals surface area contributed by atoms with E-state index < -0.39 is 6.16 Å². The normalized spacial score (nSPS) is 4.00. The lowest BCUT2D eigenvalue weighted by molar-refractivity contribution is 0.137. The van der Waals surface area contributed by atoms with Gasteiger partial charge in [-0.2, -0.15) is 9.90 Å². The maximum absolute atomic E-state index is 8.56. The molecular formula is CH7MgO3P. The lowest BCUT2D eigenvalue weighted by Crippen LogP contribution is -1.81. The molecule has 0 saturated heterocycles. The number of rotatable bonds is 0. The molecule has 1 atom stereocenters. The van der Waals surface area contributed by atoms with Crippen molar-refractivity contribution in [2.45, 2.75) is 0 Å². The van der Waals surface area contributed by atoms with Crippen LogP contribution >= 0.6 is 9.90 Å². The summed E-state index contributed by atoms with van der Waals surface area (Å²) in [7, 11) is 0. The van der Waals surface area contributed by atoms with Gasteiger partial charge in [0.25, 0.3) is 0 Å². The van der Waals surface area contributed by atoms with Gasteiger partial charge in [0.15, 0.2) is 0 Å². The molecule has 0 rings (SSSR count). The Morgan fingerprint density at radius 3 is 1.33 bits per heavy atom. The molecule has 6 heavy (non-hydrogen) atoms. The van der Waals surface area contributed by atoms with Crippen molar-refractivity contribution < 1.29 is 15.0 Å². The minimum absolute atomic E-state index is 0. The van der Waals surface area contributed by atoms with Crippen LogP contribution in [0.1, 0.15) is 0 Å². The molecule has 1 unspecified atom stereocenters. The van der Waals surface area contributed by atoms with E-state index in [2.05, 4.69) is 0 Å². The SMILES string of the molecule is O=C(O)O.P.[MgH2]. The fourth-order valence-electron chi connectivity index (χ4n) is 0. The topological polar surface area (TPSA) is 57.5 Å². The largest absolute Gasteiger partial charge is 0.503 e. The Bertz CT molecular complexity index is 33.8. The van der Waals surface area contributed by atoms with Crippen molar-refractivity contribution in [3.63, 3.8) is 0 Å². The highest BCUT2D eigenvalue weighted by molar-refractivity contribution is 6.92. The molecule has 2 N–H and O–H groups in total. The van der Waals surface area contributed by atoms with Gasteiger partial charge in [0.05, 0.1) is 0 Å². The average Bonchev–Trinajstić information content (AvgIpc) is 0.811. The minimum Gasteiger partial charge on any atom is -0.450 e. The van der Waals surface area contributed by atoms with Gasteiger partial charge in [-0.25, -0.2) is 4.79 Å². The second-order valence-electron chi connectivity index (χ2n) is 0.283. The molecule has 36 valence electrons. The van der Waals surface area contributed by atoms with Crippen molar-refractivity contribution in [1.82, 2.24) is 0 Å².